The molecule has 0 unspecified atom stereocenters. The normalized spacial score (nSPS) is 11.9. The van der Waals surface area contributed by atoms with Gasteiger partial charge in [-0.15, -0.1) is 0 Å². The van der Waals surface area contributed by atoms with E-state index in [-0.39, 0.29) is 16.1 Å². The molecule has 0 aliphatic rings. The highest BCUT2D eigenvalue weighted by atomic mass is 35.5. The highest BCUT2D eigenvalue weighted by Gasteiger charge is 2.19. The molecule has 3 heterocycles. The van der Waals surface area contributed by atoms with Crippen LogP contribution < -0.4 is 5.56 Å². The lowest BCUT2D eigenvalue weighted by molar-refractivity contribution is 0.594. The Hall–Kier alpha value is -2.84. The van der Waals surface area contributed by atoms with Crippen molar-refractivity contribution in [3.05, 3.63) is 64.2 Å². The predicted octanol–water partition coefficient (Wildman–Crippen LogP) is 2.39. The van der Waals surface area contributed by atoms with E-state index in [0.29, 0.717) is 21.7 Å². The fourth-order valence-electron chi connectivity index (χ4n) is 2.74. The van der Waals surface area contributed by atoms with Crippen LogP contribution in [0.1, 0.15) is 0 Å². The number of nitrogens with zero attached hydrogens (tertiary/aromatic N) is 4. The third kappa shape index (κ3) is 2.54. The lowest BCUT2D eigenvalue weighted by Gasteiger charge is -2.13. The highest BCUT2D eigenvalue weighted by Crippen LogP contribution is 2.25. The van der Waals surface area contributed by atoms with Crippen molar-refractivity contribution in [1.82, 2.24) is 19.5 Å². The summed E-state index contributed by atoms with van der Waals surface area (Å²) in [5.41, 5.74) is 0.601. The first-order valence-electron chi connectivity index (χ1n) is 7.49. The molecule has 4 rings (SSSR count). The van der Waals surface area contributed by atoms with Gasteiger partial charge in [-0.3, -0.25) is 9.36 Å². The van der Waals surface area contributed by atoms with Gasteiger partial charge in [-0.25, -0.2) is 23.4 Å². The molecule has 0 aliphatic carbocycles. The maximum absolute atomic E-state index is 13.1. The van der Waals surface area contributed by atoms with Crippen LogP contribution in [-0.4, -0.2) is 34.2 Å². The minimum absolute atomic E-state index is 0.179. The first kappa shape index (κ1) is 16.6. The van der Waals surface area contributed by atoms with Crippen LogP contribution in [-0.2, 0) is 9.84 Å². The summed E-state index contributed by atoms with van der Waals surface area (Å²) in [5, 5.41) is 0.742. The van der Waals surface area contributed by atoms with Crippen LogP contribution in [0.5, 0.6) is 0 Å². The van der Waals surface area contributed by atoms with Crippen LogP contribution >= 0.6 is 11.6 Å². The first-order valence-corrected chi connectivity index (χ1v) is 9.76. The fraction of sp³-hybridized carbons (Fsp3) is 0.0588. The van der Waals surface area contributed by atoms with E-state index in [1.54, 1.807) is 42.6 Å². The van der Waals surface area contributed by atoms with E-state index in [0.717, 1.165) is 6.26 Å². The molecule has 0 amide bonds. The van der Waals surface area contributed by atoms with E-state index in [9.17, 15) is 13.2 Å². The van der Waals surface area contributed by atoms with Gasteiger partial charge in [-0.05, 0) is 24.3 Å². The van der Waals surface area contributed by atoms with Crippen LogP contribution in [0.25, 0.3) is 27.6 Å². The Bertz CT molecular complexity index is 1350. The van der Waals surface area contributed by atoms with Gasteiger partial charge < -0.3 is 0 Å². The fourth-order valence-corrected chi connectivity index (χ4v) is 3.46. The zero-order valence-corrected chi connectivity index (χ0v) is 15.0. The zero-order valence-electron chi connectivity index (χ0n) is 13.4. The van der Waals surface area contributed by atoms with Crippen LogP contribution in [0, 0.1) is 0 Å². The molecule has 0 aliphatic heterocycles. The molecular formula is C17H11ClN4O3S. The summed E-state index contributed by atoms with van der Waals surface area (Å²) in [7, 11) is -3.62. The van der Waals surface area contributed by atoms with Crippen molar-refractivity contribution in [2.75, 3.05) is 6.26 Å². The summed E-state index contributed by atoms with van der Waals surface area (Å²) < 4.78 is 25.0. The van der Waals surface area contributed by atoms with Gasteiger partial charge in [0.25, 0.3) is 5.56 Å². The lowest BCUT2D eigenvalue weighted by Crippen LogP contribution is -2.21. The molecule has 0 radical (unpaired) electrons. The van der Waals surface area contributed by atoms with Gasteiger partial charge in [-0.1, -0.05) is 23.7 Å². The molecule has 1 aromatic carbocycles. The second-order valence-corrected chi connectivity index (χ2v) is 7.97. The topological polar surface area (TPSA) is 94.8 Å². The minimum Gasteiger partial charge on any atom is -0.268 e. The summed E-state index contributed by atoms with van der Waals surface area (Å²) in [6, 6.07) is 10.3. The minimum atomic E-state index is -3.62. The smallest absolute Gasteiger partial charge is 0.267 e. The molecule has 0 N–H and O–H groups in total. The van der Waals surface area contributed by atoms with E-state index < -0.39 is 15.4 Å². The van der Waals surface area contributed by atoms with Crippen molar-refractivity contribution in [2.45, 2.75) is 5.16 Å². The van der Waals surface area contributed by atoms with Crippen LogP contribution in [0.15, 0.2) is 58.7 Å². The molecule has 0 fully saturated rings. The molecule has 26 heavy (non-hydrogen) atoms. The van der Waals surface area contributed by atoms with E-state index in [4.69, 9.17) is 11.6 Å². The van der Waals surface area contributed by atoms with Crippen molar-refractivity contribution < 1.29 is 8.42 Å². The van der Waals surface area contributed by atoms with Crippen LogP contribution in [0.2, 0.25) is 5.02 Å². The Balaban J connectivity index is 2.24. The van der Waals surface area contributed by atoms with Gasteiger partial charge in [0.2, 0.25) is 15.0 Å². The number of fused-ring (bicyclic) bond motifs is 3. The van der Waals surface area contributed by atoms with Gasteiger partial charge in [0.15, 0.2) is 0 Å². The molecule has 7 nitrogen and oxygen atoms in total. The third-order valence-electron chi connectivity index (χ3n) is 3.88. The maximum Gasteiger partial charge on any atom is 0.267 e. The van der Waals surface area contributed by atoms with Gasteiger partial charge >= 0.3 is 0 Å². The number of hydrogen-bond acceptors (Lipinski definition) is 6. The van der Waals surface area contributed by atoms with E-state index in [1.165, 1.54) is 10.8 Å². The van der Waals surface area contributed by atoms with Gasteiger partial charge in [0.1, 0.15) is 5.65 Å². The molecule has 3 aromatic heterocycles. The average molecular weight is 387 g/mol. The van der Waals surface area contributed by atoms with Crippen molar-refractivity contribution >= 4 is 43.4 Å². The molecule has 130 valence electrons. The molecule has 0 spiro atoms. The van der Waals surface area contributed by atoms with E-state index in [2.05, 4.69) is 15.0 Å². The Labute approximate surface area is 152 Å². The standard InChI is InChI=1S/C17H11ClN4O3S/c1-26(24,25)17-20-9-11-14(21-17)10-5-4-8-19-15(10)22(16(11)23)13-7-3-2-6-12(13)18/h2-9H,1H3. The lowest BCUT2D eigenvalue weighted by atomic mass is 10.2. The second-order valence-electron chi connectivity index (χ2n) is 5.65. The van der Waals surface area contributed by atoms with Gasteiger partial charge in [0.05, 0.1) is 21.6 Å². The predicted molar refractivity (Wildman–Crippen MR) is 98.6 cm³/mol. The van der Waals surface area contributed by atoms with Crippen LogP contribution in [0.4, 0.5) is 0 Å². The van der Waals surface area contributed by atoms with Crippen LogP contribution in [0.3, 0.4) is 0 Å². The number of benzene rings is 1. The van der Waals surface area contributed by atoms with E-state index >= 15 is 0 Å². The molecule has 0 bridgehead atoms. The zero-order chi connectivity index (χ0) is 18.5. The molecule has 9 heteroatoms. The molecule has 0 saturated heterocycles. The van der Waals surface area contributed by atoms with Crippen molar-refractivity contribution in [3.8, 4) is 5.69 Å². The average Bonchev–Trinajstić information content (AvgIpc) is 2.62. The second kappa shape index (κ2) is 5.86. The summed E-state index contributed by atoms with van der Waals surface area (Å²) in [6.07, 6.45) is 3.78. The monoisotopic (exact) mass is 386 g/mol. The van der Waals surface area contributed by atoms with Gasteiger partial charge in [0, 0.05) is 24.0 Å². The van der Waals surface area contributed by atoms with E-state index in [1.807, 2.05) is 0 Å². The third-order valence-corrected chi connectivity index (χ3v) is 5.06. The number of rotatable bonds is 2. The Morgan fingerprint density at radius 2 is 1.81 bits per heavy atom. The molecular weight excluding hydrogens is 376 g/mol. The highest BCUT2D eigenvalue weighted by molar-refractivity contribution is 7.90. The SMILES string of the molecule is CS(=O)(=O)c1ncc2c(=O)n(-c3ccccc3Cl)c3ncccc3c2n1. The summed E-state index contributed by atoms with van der Waals surface area (Å²) >= 11 is 6.27. The Morgan fingerprint density at radius 3 is 2.54 bits per heavy atom. The molecule has 0 atom stereocenters. The number of aromatic nitrogens is 4. The number of pyridine rings is 2. The summed E-state index contributed by atoms with van der Waals surface area (Å²) in [6.45, 7) is 0. The number of sulfone groups is 1. The van der Waals surface area contributed by atoms with Crippen molar-refractivity contribution in [2.24, 2.45) is 0 Å². The first-order chi connectivity index (χ1) is 12.4. The Kier molecular flexibility index (Phi) is 3.74. The van der Waals surface area contributed by atoms with Crippen molar-refractivity contribution in [1.29, 1.82) is 0 Å². The number of para-hydroxylation sites is 1. The maximum atomic E-state index is 13.1. The molecule has 4 aromatic rings. The number of halogens is 1. The summed E-state index contributed by atoms with van der Waals surface area (Å²) in [5.74, 6) is 0. The van der Waals surface area contributed by atoms with Crippen molar-refractivity contribution in [3.63, 3.8) is 0 Å². The summed E-state index contributed by atoms with van der Waals surface area (Å²) in [4.78, 5) is 25.3. The molecule has 0 saturated carbocycles. The quantitative estimate of drug-likeness (QED) is 0.388. The van der Waals surface area contributed by atoms with Gasteiger partial charge in [-0.2, -0.15) is 0 Å². The Morgan fingerprint density at radius 1 is 1.04 bits per heavy atom. The number of hydrogen-bond donors (Lipinski definition) is 0. The largest absolute Gasteiger partial charge is 0.268 e.